The first-order valence-corrected chi connectivity index (χ1v) is 9.62. The van der Waals surface area contributed by atoms with Crippen molar-refractivity contribution in [1.29, 1.82) is 0 Å². The van der Waals surface area contributed by atoms with E-state index < -0.39 is 4.92 Å². The number of aromatic nitrogens is 1. The van der Waals surface area contributed by atoms with E-state index >= 15 is 0 Å². The number of hydrogen-bond donors (Lipinski definition) is 0. The molecule has 1 aromatic heterocycles. The van der Waals surface area contributed by atoms with Crippen LogP contribution < -0.4 is 0 Å². The molecular formula is C22H22N4O3. The quantitative estimate of drug-likeness (QED) is 0.504. The highest BCUT2D eigenvalue weighted by Crippen LogP contribution is 2.21. The molecule has 0 N–H and O–H groups in total. The number of rotatable bonds is 4. The maximum atomic E-state index is 12.8. The van der Waals surface area contributed by atoms with Crippen molar-refractivity contribution in [3.63, 3.8) is 0 Å². The number of nitro benzene ring substituents is 1. The minimum absolute atomic E-state index is 0.0371. The minimum Gasteiger partial charge on any atom is -0.336 e. The van der Waals surface area contributed by atoms with Gasteiger partial charge < -0.3 is 4.90 Å². The SMILES string of the molecule is Cc1cc(C(=O)N2CCN(Cc3cccc4cccnc34)CC2)ccc1[N+](=O)[O-]. The molecule has 0 unspecified atom stereocenters. The third-order valence-corrected chi connectivity index (χ3v) is 5.41. The third kappa shape index (κ3) is 3.95. The highest BCUT2D eigenvalue weighted by molar-refractivity contribution is 5.94. The maximum Gasteiger partial charge on any atom is 0.272 e. The monoisotopic (exact) mass is 390 g/mol. The van der Waals surface area contributed by atoms with E-state index in [9.17, 15) is 14.9 Å². The molecule has 29 heavy (non-hydrogen) atoms. The first kappa shape index (κ1) is 19.0. The molecule has 0 aliphatic carbocycles. The van der Waals surface area contributed by atoms with Gasteiger partial charge in [0.05, 0.1) is 10.4 Å². The number of carbonyl (C=O) groups excluding carboxylic acids is 1. The van der Waals surface area contributed by atoms with Crippen molar-refractivity contribution >= 4 is 22.5 Å². The van der Waals surface area contributed by atoms with E-state index in [1.165, 1.54) is 11.6 Å². The molecule has 1 saturated heterocycles. The second-order valence-electron chi connectivity index (χ2n) is 7.32. The number of amides is 1. The summed E-state index contributed by atoms with van der Waals surface area (Å²) in [6.45, 7) is 5.28. The van der Waals surface area contributed by atoms with Crippen LogP contribution in [0.1, 0.15) is 21.5 Å². The maximum absolute atomic E-state index is 12.8. The van der Waals surface area contributed by atoms with Crippen LogP contribution in [0.25, 0.3) is 10.9 Å². The Morgan fingerprint density at radius 1 is 1.10 bits per heavy atom. The van der Waals surface area contributed by atoms with Crippen LogP contribution in [0.4, 0.5) is 5.69 Å². The normalized spacial score (nSPS) is 14.9. The number of piperazine rings is 1. The van der Waals surface area contributed by atoms with Crippen LogP contribution in [0.3, 0.4) is 0 Å². The fraction of sp³-hybridized carbons (Fsp3) is 0.273. The molecule has 7 heteroatoms. The standard InChI is InChI=1S/C22H22N4O3/c1-16-14-18(7-8-20(16)26(28)29)22(27)25-12-10-24(11-13-25)15-19-5-2-4-17-6-3-9-23-21(17)19/h2-9,14H,10-13,15H2,1H3. The number of aryl methyl sites for hydroxylation is 1. The lowest BCUT2D eigenvalue weighted by molar-refractivity contribution is -0.385. The Bertz CT molecular complexity index is 1070. The summed E-state index contributed by atoms with van der Waals surface area (Å²) in [5.74, 6) is -0.0746. The predicted octanol–water partition coefficient (Wildman–Crippen LogP) is 3.41. The van der Waals surface area contributed by atoms with E-state index in [0.717, 1.165) is 30.5 Å². The Balaban J connectivity index is 1.41. The molecule has 0 spiro atoms. The second-order valence-corrected chi connectivity index (χ2v) is 7.32. The average Bonchev–Trinajstić information content (AvgIpc) is 2.74. The number of benzene rings is 2. The smallest absolute Gasteiger partial charge is 0.272 e. The molecule has 2 heterocycles. The molecule has 3 aromatic rings. The number of nitrogens with zero attached hydrogens (tertiary/aromatic N) is 4. The van der Waals surface area contributed by atoms with Crippen molar-refractivity contribution in [2.45, 2.75) is 13.5 Å². The van der Waals surface area contributed by atoms with Gasteiger partial charge in [0.25, 0.3) is 11.6 Å². The number of nitro groups is 1. The Kier molecular flexibility index (Phi) is 5.22. The van der Waals surface area contributed by atoms with Crippen molar-refractivity contribution in [2.24, 2.45) is 0 Å². The Morgan fingerprint density at radius 2 is 1.86 bits per heavy atom. The van der Waals surface area contributed by atoms with Gasteiger partial charge in [-0.15, -0.1) is 0 Å². The van der Waals surface area contributed by atoms with Crippen LogP contribution >= 0.6 is 0 Å². The molecule has 4 rings (SSSR count). The van der Waals surface area contributed by atoms with E-state index in [4.69, 9.17) is 0 Å². The van der Waals surface area contributed by atoms with Crippen LogP contribution in [0.15, 0.2) is 54.7 Å². The summed E-state index contributed by atoms with van der Waals surface area (Å²) < 4.78 is 0. The molecule has 1 aliphatic rings. The largest absolute Gasteiger partial charge is 0.336 e. The van der Waals surface area contributed by atoms with Gasteiger partial charge in [-0.25, -0.2) is 0 Å². The Hall–Kier alpha value is -3.32. The van der Waals surface area contributed by atoms with Crippen molar-refractivity contribution in [3.05, 3.63) is 81.5 Å². The average molecular weight is 390 g/mol. The van der Waals surface area contributed by atoms with E-state index in [1.807, 2.05) is 17.2 Å². The summed E-state index contributed by atoms with van der Waals surface area (Å²) in [5.41, 5.74) is 3.25. The summed E-state index contributed by atoms with van der Waals surface area (Å²) in [7, 11) is 0. The van der Waals surface area contributed by atoms with E-state index in [-0.39, 0.29) is 11.6 Å². The number of carbonyl (C=O) groups is 1. The van der Waals surface area contributed by atoms with E-state index in [0.29, 0.717) is 24.2 Å². The zero-order valence-corrected chi connectivity index (χ0v) is 16.2. The number of para-hydroxylation sites is 1. The van der Waals surface area contributed by atoms with Gasteiger partial charge in [0.1, 0.15) is 0 Å². The van der Waals surface area contributed by atoms with Gasteiger partial charge in [-0.2, -0.15) is 0 Å². The first-order chi connectivity index (χ1) is 14.0. The second kappa shape index (κ2) is 7.97. The Morgan fingerprint density at radius 3 is 2.59 bits per heavy atom. The van der Waals surface area contributed by atoms with Crippen molar-refractivity contribution in [1.82, 2.24) is 14.8 Å². The van der Waals surface area contributed by atoms with Crippen molar-refractivity contribution in [2.75, 3.05) is 26.2 Å². The van der Waals surface area contributed by atoms with Crippen LogP contribution in [-0.4, -0.2) is 51.8 Å². The predicted molar refractivity (Wildman–Crippen MR) is 111 cm³/mol. The molecule has 1 aliphatic heterocycles. The van der Waals surface area contributed by atoms with Crippen molar-refractivity contribution in [3.8, 4) is 0 Å². The van der Waals surface area contributed by atoms with Crippen LogP contribution in [0.2, 0.25) is 0 Å². The molecule has 148 valence electrons. The summed E-state index contributed by atoms with van der Waals surface area (Å²) in [4.78, 5) is 32.0. The van der Waals surface area contributed by atoms with Crippen LogP contribution in [-0.2, 0) is 6.54 Å². The highest BCUT2D eigenvalue weighted by atomic mass is 16.6. The number of hydrogen-bond acceptors (Lipinski definition) is 5. The number of fused-ring (bicyclic) bond motifs is 1. The lowest BCUT2D eigenvalue weighted by Crippen LogP contribution is -2.48. The zero-order chi connectivity index (χ0) is 20.4. The van der Waals surface area contributed by atoms with Gasteiger partial charge in [0.2, 0.25) is 0 Å². The summed E-state index contributed by atoms with van der Waals surface area (Å²) >= 11 is 0. The third-order valence-electron chi connectivity index (χ3n) is 5.41. The van der Waals surface area contributed by atoms with Gasteiger partial charge >= 0.3 is 0 Å². The molecule has 0 radical (unpaired) electrons. The molecule has 1 fully saturated rings. The van der Waals surface area contributed by atoms with Crippen LogP contribution in [0, 0.1) is 17.0 Å². The summed E-state index contributed by atoms with van der Waals surface area (Å²) in [5, 5.41) is 12.1. The fourth-order valence-corrected chi connectivity index (χ4v) is 3.82. The van der Waals surface area contributed by atoms with E-state index in [2.05, 4.69) is 34.1 Å². The zero-order valence-electron chi connectivity index (χ0n) is 16.2. The van der Waals surface area contributed by atoms with Gasteiger partial charge in [-0.05, 0) is 30.7 Å². The molecule has 1 amide bonds. The van der Waals surface area contributed by atoms with Crippen LogP contribution in [0.5, 0.6) is 0 Å². The fourth-order valence-electron chi connectivity index (χ4n) is 3.82. The van der Waals surface area contributed by atoms with Crippen molar-refractivity contribution < 1.29 is 9.72 Å². The topological polar surface area (TPSA) is 79.6 Å². The highest BCUT2D eigenvalue weighted by Gasteiger charge is 2.23. The lowest BCUT2D eigenvalue weighted by Gasteiger charge is -2.35. The Labute approximate surface area is 168 Å². The van der Waals surface area contributed by atoms with Gasteiger partial charge in [0, 0.05) is 61.5 Å². The molecule has 2 aromatic carbocycles. The molecule has 0 atom stereocenters. The van der Waals surface area contributed by atoms with Gasteiger partial charge in [-0.3, -0.25) is 24.8 Å². The summed E-state index contributed by atoms with van der Waals surface area (Å²) in [6, 6.07) is 14.8. The minimum atomic E-state index is -0.426. The van der Waals surface area contributed by atoms with E-state index in [1.54, 1.807) is 19.1 Å². The number of pyridine rings is 1. The lowest BCUT2D eigenvalue weighted by atomic mass is 10.1. The molecule has 0 saturated carbocycles. The molecule has 7 nitrogen and oxygen atoms in total. The molecule has 0 bridgehead atoms. The summed E-state index contributed by atoms with van der Waals surface area (Å²) in [6.07, 6.45) is 1.81. The first-order valence-electron chi connectivity index (χ1n) is 9.62. The van der Waals surface area contributed by atoms with Gasteiger partial charge in [0.15, 0.2) is 0 Å². The van der Waals surface area contributed by atoms with Gasteiger partial charge in [-0.1, -0.05) is 24.3 Å². The molecular weight excluding hydrogens is 368 g/mol.